The van der Waals surface area contributed by atoms with Crippen molar-refractivity contribution in [3.05, 3.63) is 34.9 Å². The van der Waals surface area contributed by atoms with Gasteiger partial charge in [0, 0.05) is 10.6 Å². The highest BCUT2D eigenvalue weighted by atomic mass is 35.5. The number of carboxylic acids is 1. The summed E-state index contributed by atoms with van der Waals surface area (Å²) in [5.41, 5.74) is 0.787. The molecule has 0 radical (unpaired) electrons. The third kappa shape index (κ3) is 4.88. The predicted octanol–water partition coefficient (Wildman–Crippen LogP) is 2.45. The average Bonchev–Trinajstić information content (AvgIpc) is 2.33. The zero-order valence-corrected chi connectivity index (χ0v) is 10.4. The van der Waals surface area contributed by atoms with E-state index in [1.54, 1.807) is 37.5 Å². The Morgan fingerprint density at radius 1 is 1.56 bits per heavy atom. The third-order valence-corrected chi connectivity index (χ3v) is 2.11. The highest BCUT2D eigenvalue weighted by molar-refractivity contribution is 6.30. The van der Waals surface area contributed by atoms with Crippen LogP contribution >= 0.6 is 11.6 Å². The summed E-state index contributed by atoms with van der Waals surface area (Å²) >= 11 is 5.86. The number of allylic oxidation sites excluding steroid dienone is 1. The van der Waals surface area contributed by atoms with Crippen LogP contribution in [0.2, 0.25) is 5.02 Å². The third-order valence-electron chi connectivity index (χ3n) is 1.88. The molecule has 0 bridgehead atoms. The van der Waals surface area contributed by atoms with Gasteiger partial charge in [-0.1, -0.05) is 16.8 Å². The Labute approximate surface area is 109 Å². The van der Waals surface area contributed by atoms with Gasteiger partial charge in [0.1, 0.15) is 5.75 Å². The molecule has 0 fully saturated rings. The van der Waals surface area contributed by atoms with Crippen molar-refractivity contribution < 1.29 is 19.5 Å². The molecule has 0 amide bonds. The lowest BCUT2D eigenvalue weighted by Gasteiger charge is -2.04. The van der Waals surface area contributed by atoms with Crippen molar-refractivity contribution >= 4 is 29.9 Å². The van der Waals surface area contributed by atoms with Crippen molar-refractivity contribution in [3.8, 4) is 5.75 Å². The molecule has 1 aromatic rings. The van der Waals surface area contributed by atoms with Gasteiger partial charge in [-0.3, -0.25) is 0 Å². The normalized spacial score (nSPS) is 11.0. The molecule has 0 spiro atoms. The second kappa shape index (κ2) is 7.34. The van der Waals surface area contributed by atoms with Gasteiger partial charge < -0.3 is 14.7 Å². The van der Waals surface area contributed by atoms with Crippen LogP contribution in [0.3, 0.4) is 0 Å². The van der Waals surface area contributed by atoms with Crippen LogP contribution in [-0.4, -0.2) is 31.0 Å². The first kappa shape index (κ1) is 14.1. The van der Waals surface area contributed by atoms with E-state index in [2.05, 4.69) is 9.99 Å². The quantitative estimate of drug-likeness (QED) is 0.636. The van der Waals surface area contributed by atoms with Gasteiger partial charge in [0.05, 0.1) is 13.3 Å². The zero-order valence-electron chi connectivity index (χ0n) is 9.67. The summed E-state index contributed by atoms with van der Waals surface area (Å²) < 4.78 is 5.15. The molecule has 1 aromatic carbocycles. The molecule has 1 rings (SSSR count). The molecule has 0 unspecified atom stereocenters. The summed E-state index contributed by atoms with van der Waals surface area (Å²) in [7, 11) is 1.56. The summed E-state index contributed by atoms with van der Waals surface area (Å²) in [4.78, 5) is 14.6. The van der Waals surface area contributed by atoms with Crippen LogP contribution in [0, 0.1) is 0 Å². The van der Waals surface area contributed by atoms with Crippen molar-refractivity contribution in [2.24, 2.45) is 5.16 Å². The number of methoxy groups -OCH3 is 1. The average molecular weight is 270 g/mol. The Bertz CT molecular complexity index is 471. The fourth-order valence-electron chi connectivity index (χ4n) is 1.15. The monoisotopic (exact) mass is 269 g/mol. The van der Waals surface area contributed by atoms with Gasteiger partial charge in [-0.15, -0.1) is 0 Å². The molecular weight excluding hydrogens is 258 g/mol. The number of benzene rings is 1. The van der Waals surface area contributed by atoms with E-state index in [4.69, 9.17) is 21.4 Å². The van der Waals surface area contributed by atoms with Crippen molar-refractivity contribution in [2.75, 3.05) is 13.7 Å². The Morgan fingerprint density at radius 2 is 2.33 bits per heavy atom. The minimum Gasteiger partial charge on any atom is -0.496 e. The number of carboxylic acid groups (broad SMARTS) is 1. The van der Waals surface area contributed by atoms with E-state index in [1.165, 1.54) is 6.21 Å². The molecule has 0 aliphatic carbocycles. The van der Waals surface area contributed by atoms with Gasteiger partial charge >= 0.3 is 5.97 Å². The van der Waals surface area contributed by atoms with Crippen LogP contribution in [0.25, 0.3) is 6.08 Å². The summed E-state index contributed by atoms with van der Waals surface area (Å²) in [6, 6.07) is 5.21. The number of nitrogens with zero attached hydrogens (tertiary/aromatic N) is 1. The number of hydrogen-bond donors (Lipinski definition) is 1. The van der Waals surface area contributed by atoms with Crippen LogP contribution in [0.15, 0.2) is 29.4 Å². The van der Waals surface area contributed by atoms with Crippen LogP contribution < -0.4 is 4.74 Å². The molecule has 0 atom stereocenters. The first-order valence-corrected chi connectivity index (χ1v) is 5.38. The maximum Gasteiger partial charge on any atom is 0.344 e. The molecule has 0 heterocycles. The Balaban J connectivity index is 2.61. The number of hydrogen-bond acceptors (Lipinski definition) is 4. The van der Waals surface area contributed by atoms with Crippen molar-refractivity contribution in [1.29, 1.82) is 0 Å². The molecule has 96 valence electrons. The summed E-state index contributed by atoms with van der Waals surface area (Å²) in [6.07, 6.45) is 4.65. The summed E-state index contributed by atoms with van der Waals surface area (Å²) in [5.74, 6) is -0.400. The zero-order chi connectivity index (χ0) is 13.4. The standard InChI is InChI=1S/C12H12ClNO4/c1-17-11-5-4-10(13)7-9(11)3-2-6-14-18-8-12(15)16/h2-7H,8H2,1H3,(H,15,16). The molecule has 0 saturated heterocycles. The van der Waals surface area contributed by atoms with Crippen molar-refractivity contribution in [1.82, 2.24) is 0 Å². The lowest BCUT2D eigenvalue weighted by atomic mass is 10.2. The highest BCUT2D eigenvalue weighted by Gasteiger charge is 1.99. The summed E-state index contributed by atoms with van der Waals surface area (Å²) in [5, 5.41) is 12.3. The van der Waals surface area contributed by atoms with Gasteiger partial charge in [0.25, 0.3) is 0 Å². The molecule has 0 aromatic heterocycles. The second-order valence-corrected chi connectivity index (χ2v) is 3.60. The van der Waals surface area contributed by atoms with E-state index in [-0.39, 0.29) is 0 Å². The lowest BCUT2D eigenvalue weighted by Crippen LogP contribution is -2.02. The van der Waals surface area contributed by atoms with E-state index >= 15 is 0 Å². The first-order valence-electron chi connectivity index (χ1n) is 5.01. The van der Waals surface area contributed by atoms with E-state index in [9.17, 15) is 4.79 Å². The molecule has 0 aliphatic rings. The van der Waals surface area contributed by atoms with E-state index < -0.39 is 12.6 Å². The number of rotatable bonds is 6. The van der Waals surface area contributed by atoms with Gasteiger partial charge in [-0.2, -0.15) is 0 Å². The fourth-order valence-corrected chi connectivity index (χ4v) is 1.33. The smallest absolute Gasteiger partial charge is 0.344 e. The molecule has 6 heteroatoms. The SMILES string of the molecule is COc1ccc(Cl)cc1C=CC=NOCC(=O)O. The van der Waals surface area contributed by atoms with Gasteiger partial charge in [0.2, 0.25) is 6.61 Å². The fraction of sp³-hybridized carbons (Fsp3) is 0.167. The second-order valence-electron chi connectivity index (χ2n) is 3.17. The Kier molecular flexibility index (Phi) is 5.73. The number of halogens is 1. The van der Waals surface area contributed by atoms with Gasteiger partial charge in [-0.05, 0) is 30.4 Å². The molecule has 5 nitrogen and oxygen atoms in total. The van der Waals surface area contributed by atoms with Crippen molar-refractivity contribution in [2.45, 2.75) is 0 Å². The Morgan fingerprint density at radius 3 is 3.00 bits per heavy atom. The van der Waals surface area contributed by atoms with Crippen LogP contribution in [0.1, 0.15) is 5.56 Å². The largest absolute Gasteiger partial charge is 0.496 e. The molecule has 0 saturated carbocycles. The van der Waals surface area contributed by atoms with Crippen LogP contribution in [0.5, 0.6) is 5.75 Å². The number of carbonyl (C=O) groups is 1. The lowest BCUT2D eigenvalue weighted by molar-refractivity contribution is -0.142. The predicted molar refractivity (Wildman–Crippen MR) is 69.1 cm³/mol. The highest BCUT2D eigenvalue weighted by Crippen LogP contribution is 2.23. The van der Waals surface area contributed by atoms with Gasteiger partial charge in [-0.25, -0.2) is 4.79 Å². The molecule has 18 heavy (non-hydrogen) atoms. The number of aliphatic carboxylic acids is 1. The van der Waals surface area contributed by atoms with Crippen LogP contribution in [-0.2, 0) is 9.63 Å². The number of oxime groups is 1. The van der Waals surface area contributed by atoms with E-state index in [0.717, 1.165) is 5.56 Å². The maximum absolute atomic E-state index is 10.1. The first-order chi connectivity index (χ1) is 8.63. The minimum atomic E-state index is -1.08. The van der Waals surface area contributed by atoms with Crippen molar-refractivity contribution in [3.63, 3.8) is 0 Å². The maximum atomic E-state index is 10.1. The van der Waals surface area contributed by atoms with Gasteiger partial charge in [0.15, 0.2) is 0 Å². The number of ether oxygens (including phenoxy) is 1. The van der Waals surface area contributed by atoms with Crippen LogP contribution in [0.4, 0.5) is 0 Å². The Hall–Kier alpha value is -2.01. The molecular formula is C12H12ClNO4. The topological polar surface area (TPSA) is 68.1 Å². The molecule has 0 aliphatic heterocycles. The summed E-state index contributed by atoms with van der Waals surface area (Å²) in [6.45, 7) is -0.467. The van der Waals surface area contributed by atoms with E-state index in [0.29, 0.717) is 10.8 Å². The van der Waals surface area contributed by atoms with E-state index in [1.807, 2.05) is 0 Å². The minimum absolute atomic E-state index is 0.467. The molecule has 1 N–H and O–H groups in total.